The van der Waals surface area contributed by atoms with Gasteiger partial charge in [-0.05, 0) is 30.7 Å². The van der Waals surface area contributed by atoms with Gasteiger partial charge >= 0.3 is 0 Å². The van der Waals surface area contributed by atoms with Gasteiger partial charge in [-0.1, -0.05) is 38.1 Å². The molecule has 1 aromatic carbocycles. The molecule has 0 saturated heterocycles. The van der Waals surface area contributed by atoms with Crippen molar-refractivity contribution in [2.45, 2.75) is 45.7 Å². The Morgan fingerprint density at radius 3 is 2.65 bits per heavy atom. The molecule has 1 fully saturated rings. The van der Waals surface area contributed by atoms with E-state index in [2.05, 4.69) is 48.4 Å². The molecule has 0 aliphatic heterocycles. The molecule has 106 valence electrons. The van der Waals surface area contributed by atoms with Crippen LogP contribution in [-0.4, -0.2) is 11.0 Å². The molecule has 0 spiro atoms. The monoisotopic (exact) mass is 286 g/mol. The molecular weight excluding hydrogens is 264 g/mol. The van der Waals surface area contributed by atoms with Gasteiger partial charge in [0.2, 0.25) is 0 Å². The number of benzene rings is 1. The van der Waals surface area contributed by atoms with Crippen molar-refractivity contribution in [3.63, 3.8) is 0 Å². The largest absolute Gasteiger partial charge is 0.309 e. The predicted octanol–water partition coefficient (Wildman–Crippen LogP) is 4.26. The number of nitrogens with one attached hydrogen (secondary N) is 1. The molecule has 20 heavy (non-hydrogen) atoms. The van der Waals surface area contributed by atoms with Crippen molar-refractivity contribution in [2.75, 3.05) is 0 Å². The first-order chi connectivity index (χ1) is 9.70. The van der Waals surface area contributed by atoms with Crippen LogP contribution in [0, 0.1) is 5.92 Å². The summed E-state index contributed by atoms with van der Waals surface area (Å²) in [6, 6.07) is 9.64. The van der Waals surface area contributed by atoms with Crippen molar-refractivity contribution in [3.05, 3.63) is 40.9 Å². The smallest absolute Gasteiger partial charge is 0.123 e. The van der Waals surface area contributed by atoms with Crippen molar-refractivity contribution in [3.8, 4) is 10.6 Å². The Bertz CT molecular complexity index is 553. The molecule has 1 aliphatic carbocycles. The van der Waals surface area contributed by atoms with Gasteiger partial charge in [-0.15, -0.1) is 11.3 Å². The second-order valence-electron chi connectivity index (χ2n) is 6.08. The minimum atomic E-state index is 0.709. The van der Waals surface area contributed by atoms with Crippen molar-refractivity contribution in [1.29, 1.82) is 0 Å². The number of thiazole rings is 1. The topological polar surface area (TPSA) is 24.9 Å². The Balaban J connectivity index is 1.65. The summed E-state index contributed by atoms with van der Waals surface area (Å²) in [7, 11) is 0. The van der Waals surface area contributed by atoms with E-state index in [0.717, 1.165) is 24.0 Å². The zero-order valence-electron chi connectivity index (χ0n) is 12.2. The Hall–Kier alpha value is -1.19. The first-order valence-electron chi connectivity index (χ1n) is 7.48. The molecule has 0 bridgehead atoms. The Labute approximate surface area is 125 Å². The highest BCUT2D eigenvalue weighted by Gasteiger charge is 2.20. The maximum absolute atomic E-state index is 4.55. The summed E-state index contributed by atoms with van der Waals surface area (Å²) in [5.41, 5.74) is 2.65. The average molecular weight is 286 g/mol. The summed E-state index contributed by atoms with van der Waals surface area (Å²) < 4.78 is 0. The highest BCUT2D eigenvalue weighted by molar-refractivity contribution is 7.15. The summed E-state index contributed by atoms with van der Waals surface area (Å²) in [5, 5.41) is 4.67. The van der Waals surface area contributed by atoms with E-state index < -0.39 is 0 Å². The lowest BCUT2D eigenvalue weighted by Gasteiger charge is -2.05. The molecule has 0 radical (unpaired) electrons. The van der Waals surface area contributed by atoms with E-state index in [0.29, 0.717) is 5.92 Å². The molecule has 1 heterocycles. The third-order valence-corrected chi connectivity index (χ3v) is 4.59. The standard InChI is InChI=1S/C17H22N2S/c1-12(2)9-13-3-5-14(6-4-13)17-19-11-16(20-17)10-18-15-7-8-15/h3-6,11-12,15,18H,7-10H2,1-2H3. The van der Waals surface area contributed by atoms with Crippen LogP contribution >= 0.6 is 11.3 Å². The molecule has 2 aromatic rings. The average Bonchev–Trinajstić information content (AvgIpc) is 3.14. The van der Waals surface area contributed by atoms with Crippen LogP contribution < -0.4 is 5.32 Å². The van der Waals surface area contributed by atoms with Crippen LogP contribution in [0.3, 0.4) is 0 Å². The van der Waals surface area contributed by atoms with Crippen LogP contribution in [-0.2, 0) is 13.0 Å². The van der Waals surface area contributed by atoms with Gasteiger partial charge in [-0.25, -0.2) is 4.98 Å². The van der Waals surface area contributed by atoms with Gasteiger partial charge in [-0.2, -0.15) is 0 Å². The van der Waals surface area contributed by atoms with Crippen LogP contribution in [0.15, 0.2) is 30.5 Å². The number of nitrogens with zero attached hydrogens (tertiary/aromatic N) is 1. The van der Waals surface area contributed by atoms with Crippen LogP contribution in [0.5, 0.6) is 0 Å². The molecule has 0 unspecified atom stereocenters. The lowest BCUT2D eigenvalue weighted by Crippen LogP contribution is -2.14. The van der Waals surface area contributed by atoms with E-state index in [1.807, 2.05) is 6.20 Å². The lowest BCUT2D eigenvalue weighted by atomic mass is 10.0. The first kappa shape index (κ1) is 13.8. The number of hydrogen-bond donors (Lipinski definition) is 1. The van der Waals surface area contributed by atoms with Gasteiger partial charge in [0.1, 0.15) is 5.01 Å². The summed E-state index contributed by atoms with van der Waals surface area (Å²) >= 11 is 1.80. The highest BCUT2D eigenvalue weighted by atomic mass is 32.1. The second-order valence-corrected chi connectivity index (χ2v) is 7.20. The fourth-order valence-corrected chi connectivity index (χ4v) is 3.18. The third-order valence-electron chi connectivity index (χ3n) is 3.54. The minimum absolute atomic E-state index is 0.709. The van der Waals surface area contributed by atoms with Crippen molar-refractivity contribution in [1.82, 2.24) is 10.3 Å². The third kappa shape index (κ3) is 3.68. The van der Waals surface area contributed by atoms with Gasteiger partial charge in [-0.3, -0.25) is 0 Å². The SMILES string of the molecule is CC(C)Cc1ccc(-c2ncc(CNC3CC3)s2)cc1. The van der Waals surface area contributed by atoms with Crippen molar-refractivity contribution < 1.29 is 0 Å². The summed E-state index contributed by atoms with van der Waals surface area (Å²) in [6.45, 7) is 5.48. The molecule has 0 amide bonds. The molecule has 1 saturated carbocycles. The van der Waals surface area contributed by atoms with Gasteiger partial charge in [0.05, 0.1) is 0 Å². The van der Waals surface area contributed by atoms with Gasteiger partial charge in [0.15, 0.2) is 0 Å². The summed E-state index contributed by atoms with van der Waals surface area (Å²) in [6.07, 6.45) is 5.83. The van der Waals surface area contributed by atoms with Crippen molar-refractivity contribution >= 4 is 11.3 Å². The number of hydrogen-bond acceptors (Lipinski definition) is 3. The number of aromatic nitrogens is 1. The Morgan fingerprint density at radius 1 is 1.25 bits per heavy atom. The zero-order chi connectivity index (χ0) is 13.9. The highest BCUT2D eigenvalue weighted by Crippen LogP contribution is 2.27. The second kappa shape index (κ2) is 6.06. The maximum atomic E-state index is 4.55. The van der Waals surface area contributed by atoms with E-state index in [1.165, 1.54) is 28.8 Å². The van der Waals surface area contributed by atoms with Crippen molar-refractivity contribution in [2.24, 2.45) is 5.92 Å². The molecular formula is C17H22N2S. The molecule has 1 aliphatic rings. The van der Waals surface area contributed by atoms with E-state index in [9.17, 15) is 0 Å². The first-order valence-corrected chi connectivity index (χ1v) is 8.30. The minimum Gasteiger partial charge on any atom is -0.309 e. The Kier molecular flexibility index (Phi) is 4.18. The summed E-state index contributed by atoms with van der Waals surface area (Å²) in [5.74, 6) is 0.709. The van der Waals surface area contributed by atoms with Crippen LogP contribution in [0.4, 0.5) is 0 Å². The normalized spacial score (nSPS) is 14.9. The molecule has 3 rings (SSSR count). The molecule has 1 aromatic heterocycles. The lowest BCUT2D eigenvalue weighted by molar-refractivity contribution is 0.647. The van der Waals surface area contributed by atoms with Gasteiger partial charge < -0.3 is 5.32 Å². The van der Waals surface area contributed by atoms with E-state index in [4.69, 9.17) is 0 Å². The predicted molar refractivity (Wildman–Crippen MR) is 86.0 cm³/mol. The molecule has 3 heteroatoms. The van der Waals surface area contributed by atoms with Gasteiger partial charge in [0.25, 0.3) is 0 Å². The van der Waals surface area contributed by atoms with E-state index in [1.54, 1.807) is 11.3 Å². The van der Waals surface area contributed by atoms with Crippen LogP contribution in [0.1, 0.15) is 37.1 Å². The Morgan fingerprint density at radius 2 is 2.00 bits per heavy atom. The molecule has 1 N–H and O–H groups in total. The fourth-order valence-electron chi connectivity index (χ4n) is 2.31. The quantitative estimate of drug-likeness (QED) is 0.858. The van der Waals surface area contributed by atoms with Crippen LogP contribution in [0.25, 0.3) is 10.6 Å². The van der Waals surface area contributed by atoms with E-state index >= 15 is 0 Å². The molecule has 0 atom stereocenters. The number of rotatable bonds is 6. The van der Waals surface area contributed by atoms with Crippen LogP contribution in [0.2, 0.25) is 0 Å². The fraction of sp³-hybridized carbons (Fsp3) is 0.471. The maximum Gasteiger partial charge on any atom is 0.123 e. The summed E-state index contributed by atoms with van der Waals surface area (Å²) in [4.78, 5) is 5.89. The van der Waals surface area contributed by atoms with E-state index in [-0.39, 0.29) is 0 Å². The van der Waals surface area contributed by atoms with Gasteiger partial charge in [0, 0.05) is 29.2 Å². The zero-order valence-corrected chi connectivity index (χ0v) is 13.0. The molecule has 2 nitrogen and oxygen atoms in total.